The maximum atomic E-state index is 13.5. The number of ether oxygens (including phenoxy) is 2. The van der Waals surface area contributed by atoms with Crippen LogP contribution in [0.2, 0.25) is 0 Å². The number of piperidine rings is 1. The maximum Gasteiger partial charge on any atom is 0.248 e. The smallest absolute Gasteiger partial charge is 0.248 e. The summed E-state index contributed by atoms with van der Waals surface area (Å²) in [5.41, 5.74) is -1.43. The van der Waals surface area contributed by atoms with Gasteiger partial charge in [-0.3, -0.25) is 14.5 Å². The van der Waals surface area contributed by atoms with Crippen LogP contribution in [0.25, 0.3) is 0 Å². The number of hydrogen-bond donors (Lipinski definition) is 1. The van der Waals surface area contributed by atoms with Gasteiger partial charge in [0, 0.05) is 58.9 Å². The van der Waals surface area contributed by atoms with E-state index in [1.54, 1.807) is 16.7 Å². The SMILES string of the molecule is COCC(=O)N1CCN(C2CCN(C(C)=O)CC2)C[C@@](O)(COc2ccc(F)c(F)c2)C1. The van der Waals surface area contributed by atoms with E-state index < -0.39 is 17.2 Å². The third-order valence-electron chi connectivity index (χ3n) is 6.09. The fourth-order valence-electron chi connectivity index (χ4n) is 4.35. The summed E-state index contributed by atoms with van der Waals surface area (Å²) in [6, 6.07) is 3.34. The molecule has 8 nitrogen and oxygen atoms in total. The first-order chi connectivity index (χ1) is 15.2. The lowest BCUT2D eigenvalue weighted by Gasteiger charge is -2.40. The monoisotopic (exact) mass is 455 g/mol. The van der Waals surface area contributed by atoms with Crippen molar-refractivity contribution in [2.24, 2.45) is 0 Å². The van der Waals surface area contributed by atoms with Crippen molar-refractivity contribution < 1.29 is 33.0 Å². The molecule has 2 amide bonds. The van der Waals surface area contributed by atoms with Crippen molar-refractivity contribution in [3.05, 3.63) is 29.8 Å². The fraction of sp³-hybridized carbons (Fsp3) is 0.636. The molecule has 1 N–H and O–H groups in total. The molecule has 10 heteroatoms. The van der Waals surface area contributed by atoms with Crippen molar-refractivity contribution in [2.45, 2.75) is 31.4 Å². The zero-order chi connectivity index (χ0) is 23.3. The zero-order valence-electron chi connectivity index (χ0n) is 18.6. The molecule has 0 unspecified atom stereocenters. The maximum absolute atomic E-state index is 13.5. The van der Waals surface area contributed by atoms with Gasteiger partial charge in [0.25, 0.3) is 0 Å². The van der Waals surface area contributed by atoms with Gasteiger partial charge in [-0.25, -0.2) is 8.78 Å². The Morgan fingerprint density at radius 3 is 2.44 bits per heavy atom. The predicted octanol–water partition coefficient (Wildman–Crippen LogP) is 0.876. The molecule has 1 atom stereocenters. The van der Waals surface area contributed by atoms with Gasteiger partial charge >= 0.3 is 0 Å². The summed E-state index contributed by atoms with van der Waals surface area (Å²) in [7, 11) is 1.43. The van der Waals surface area contributed by atoms with Gasteiger partial charge in [0.15, 0.2) is 11.6 Å². The summed E-state index contributed by atoms with van der Waals surface area (Å²) < 4.78 is 37.3. The normalized spacial score (nSPS) is 23.2. The van der Waals surface area contributed by atoms with Gasteiger partial charge in [0.1, 0.15) is 24.6 Å². The molecule has 2 aliphatic rings. The van der Waals surface area contributed by atoms with Crippen LogP contribution in [0.3, 0.4) is 0 Å². The molecule has 178 valence electrons. The second-order valence-electron chi connectivity index (χ2n) is 8.54. The van der Waals surface area contributed by atoms with E-state index in [-0.39, 0.29) is 49.9 Å². The molecule has 1 aromatic carbocycles. The lowest BCUT2D eigenvalue weighted by atomic mass is 9.99. The highest BCUT2D eigenvalue weighted by Crippen LogP contribution is 2.24. The molecule has 0 aliphatic carbocycles. The number of hydrogen-bond acceptors (Lipinski definition) is 6. The van der Waals surface area contributed by atoms with Crippen LogP contribution in [0.4, 0.5) is 8.78 Å². The van der Waals surface area contributed by atoms with Crippen molar-refractivity contribution in [2.75, 3.05) is 59.6 Å². The Morgan fingerprint density at radius 1 is 1.09 bits per heavy atom. The highest BCUT2D eigenvalue weighted by Gasteiger charge is 2.40. The number of likely N-dealkylation sites (tertiary alicyclic amines) is 1. The van der Waals surface area contributed by atoms with E-state index in [1.165, 1.54) is 13.2 Å². The van der Waals surface area contributed by atoms with E-state index in [9.17, 15) is 23.5 Å². The predicted molar refractivity (Wildman–Crippen MR) is 112 cm³/mol. The van der Waals surface area contributed by atoms with Gasteiger partial charge in [-0.1, -0.05) is 0 Å². The summed E-state index contributed by atoms with van der Waals surface area (Å²) in [6.07, 6.45) is 1.54. The van der Waals surface area contributed by atoms with Crippen LogP contribution in [0.5, 0.6) is 5.75 Å². The van der Waals surface area contributed by atoms with Gasteiger partial charge in [0.05, 0.1) is 6.54 Å². The third-order valence-corrected chi connectivity index (χ3v) is 6.09. The Balaban J connectivity index is 1.73. The van der Waals surface area contributed by atoms with Crippen LogP contribution in [0.15, 0.2) is 18.2 Å². The van der Waals surface area contributed by atoms with Crippen LogP contribution in [-0.2, 0) is 14.3 Å². The molecule has 0 radical (unpaired) electrons. The Hall–Kier alpha value is -2.30. The first kappa shape index (κ1) is 24.3. The van der Waals surface area contributed by atoms with Crippen LogP contribution in [0.1, 0.15) is 19.8 Å². The highest BCUT2D eigenvalue weighted by molar-refractivity contribution is 5.77. The summed E-state index contributed by atoms with van der Waals surface area (Å²) in [6.45, 7) is 3.81. The van der Waals surface area contributed by atoms with Gasteiger partial charge in [-0.2, -0.15) is 0 Å². The summed E-state index contributed by atoms with van der Waals surface area (Å²) in [5.74, 6) is -2.12. The lowest BCUT2D eigenvalue weighted by Crippen LogP contribution is -2.55. The number of rotatable bonds is 6. The van der Waals surface area contributed by atoms with Crippen molar-refractivity contribution in [3.8, 4) is 5.75 Å². The van der Waals surface area contributed by atoms with Crippen molar-refractivity contribution in [1.29, 1.82) is 0 Å². The Morgan fingerprint density at radius 2 is 1.81 bits per heavy atom. The van der Waals surface area contributed by atoms with Gasteiger partial charge in [-0.15, -0.1) is 0 Å². The minimum absolute atomic E-state index is 0.0294. The van der Waals surface area contributed by atoms with E-state index in [1.807, 2.05) is 0 Å². The quantitative estimate of drug-likeness (QED) is 0.686. The van der Waals surface area contributed by atoms with Crippen molar-refractivity contribution >= 4 is 11.8 Å². The number of halogens is 2. The number of amides is 2. The molecule has 2 fully saturated rings. The molecule has 0 aromatic heterocycles. The van der Waals surface area contributed by atoms with E-state index in [0.717, 1.165) is 25.0 Å². The minimum atomic E-state index is -1.43. The highest BCUT2D eigenvalue weighted by atomic mass is 19.2. The Kier molecular flexibility index (Phi) is 8.02. The molecule has 0 saturated carbocycles. The van der Waals surface area contributed by atoms with Crippen LogP contribution < -0.4 is 4.74 Å². The zero-order valence-corrected chi connectivity index (χ0v) is 18.6. The number of nitrogens with zero attached hydrogens (tertiary/aromatic N) is 3. The van der Waals surface area contributed by atoms with Gasteiger partial charge in [-0.05, 0) is 25.0 Å². The number of carbonyl (C=O) groups is 2. The van der Waals surface area contributed by atoms with E-state index in [0.29, 0.717) is 26.2 Å². The first-order valence-electron chi connectivity index (χ1n) is 10.8. The van der Waals surface area contributed by atoms with E-state index in [2.05, 4.69) is 4.90 Å². The summed E-state index contributed by atoms with van der Waals surface area (Å²) >= 11 is 0. The Bertz CT molecular complexity index is 819. The van der Waals surface area contributed by atoms with Crippen LogP contribution >= 0.6 is 0 Å². The van der Waals surface area contributed by atoms with Gasteiger partial charge < -0.3 is 24.4 Å². The molecule has 32 heavy (non-hydrogen) atoms. The lowest BCUT2D eigenvalue weighted by molar-refractivity contribution is -0.138. The number of methoxy groups -OCH3 is 1. The molecular formula is C22H31F2N3O5. The topological polar surface area (TPSA) is 82.6 Å². The van der Waals surface area contributed by atoms with Gasteiger partial charge in [0.2, 0.25) is 11.8 Å². The average molecular weight is 456 g/mol. The molecule has 3 rings (SSSR count). The molecule has 1 aromatic rings. The average Bonchev–Trinajstić information content (AvgIpc) is 2.94. The largest absolute Gasteiger partial charge is 0.490 e. The number of carbonyl (C=O) groups excluding carboxylic acids is 2. The third kappa shape index (κ3) is 6.14. The number of benzene rings is 1. The van der Waals surface area contributed by atoms with Crippen LogP contribution in [-0.4, -0.2) is 103 Å². The number of aliphatic hydroxyl groups is 1. The molecular weight excluding hydrogens is 424 g/mol. The molecule has 0 spiro atoms. The summed E-state index contributed by atoms with van der Waals surface area (Å²) in [4.78, 5) is 29.6. The van der Waals surface area contributed by atoms with Crippen molar-refractivity contribution in [1.82, 2.24) is 14.7 Å². The second kappa shape index (κ2) is 10.5. The minimum Gasteiger partial charge on any atom is -0.490 e. The first-order valence-corrected chi connectivity index (χ1v) is 10.8. The van der Waals surface area contributed by atoms with Crippen molar-refractivity contribution in [3.63, 3.8) is 0 Å². The Labute approximate surface area is 186 Å². The van der Waals surface area contributed by atoms with Crippen LogP contribution in [0, 0.1) is 11.6 Å². The fourth-order valence-corrected chi connectivity index (χ4v) is 4.35. The number of β-amino-alcohol motifs (C(OH)–C–C–N with tert-alkyl or cyclic N) is 1. The standard InChI is InChI=1S/C22H31F2N3O5/c1-16(28)25-7-5-17(6-8-25)26-9-10-27(21(29)12-31-2)14-22(30,13-26)15-32-18-3-4-19(23)20(24)11-18/h3-4,11,17,30H,5-10,12-15H2,1-2H3/t22-/m0/s1. The van der Waals surface area contributed by atoms with E-state index >= 15 is 0 Å². The molecule has 0 bridgehead atoms. The molecule has 2 heterocycles. The molecule has 2 saturated heterocycles. The second-order valence-corrected chi connectivity index (χ2v) is 8.54. The van der Waals surface area contributed by atoms with E-state index in [4.69, 9.17) is 9.47 Å². The molecule has 2 aliphatic heterocycles. The summed E-state index contributed by atoms with van der Waals surface area (Å²) in [5, 5.41) is 11.4.